The first-order chi connectivity index (χ1) is 7.50. The van der Waals surface area contributed by atoms with E-state index in [0.717, 1.165) is 0 Å². The van der Waals surface area contributed by atoms with Gasteiger partial charge in [-0.25, -0.2) is 0 Å². The molecule has 0 saturated carbocycles. The van der Waals surface area contributed by atoms with Gasteiger partial charge in [0.2, 0.25) is 0 Å². The van der Waals surface area contributed by atoms with Gasteiger partial charge in [-0.2, -0.15) is 0 Å². The van der Waals surface area contributed by atoms with Crippen LogP contribution in [0, 0.1) is 0 Å². The Bertz CT molecular complexity index is 456. The third kappa shape index (κ3) is 1.40. The van der Waals surface area contributed by atoms with E-state index >= 15 is 0 Å². The average molecular weight is 225 g/mol. The fraction of sp³-hybridized carbons (Fsp3) is 0.545. The summed E-state index contributed by atoms with van der Waals surface area (Å²) in [5.74, 6) is 0. The Kier molecular flexibility index (Phi) is 2.61. The van der Waals surface area contributed by atoms with Crippen LogP contribution in [0.2, 0.25) is 0 Å². The number of pyridine rings is 1. The Morgan fingerprint density at radius 1 is 1.56 bits per heavy atom. The van der Waals surface area contributed by atoms with Crippen molar-refractivity contribution in [2.24, 2.45) is 0 Å². The number of rotatable bonds is 1. The minimum atomic E-state index is -1.54. The van der Waals surface area contributed by atoms with E-state index in [4.69, 9.17) is 0 Å². The van der Waals surface area contributed by atoms with Crippen molar-refractivity contribution in [3.63, 3.8) is 0 Å². The molecule has 0 saturated heterocycles. The minimum absolute atomic E-state index is 0.0645. The predicted molar refractivity (Wildman–Crippen MR) is 57.0 cm³/mol. The number of H-pyrrole nitrogens is 1. The van der Waals surface area contributed by atoms with Crippen molar-refractivity contribution >= 4 is 0 Å². The van der Waals surface area contributed by atoms with Crippen molar-refractivity contribution in [3.05, 3.63) is 33.7 Å². The fourth-order valence-corrected chi connectivity index (χ4v) is 2.32. The summed E-state index contributed by atoms with van der Waals surface area (Å²) >= 11 is 0. The number of fused-ring (bicyclic) bond motifs is 1. The molecule has 0 bridgehead atoms. The number of aliphatic hydroxyl groups is 3. The smallest absolute Gasteiger partial charge is 0.251 e. The fourth-order valence-electron chi connectivity index (χ4n) is 2.32. The quantitative estimate of drug-likeness (QED) is 0.506. The highest BCUT2D eigenvalue weighted by molar-refractivity contribution is 5.35. The first-order valence-electron chi connectivity index (χ1n) is 5.30. The SMILES string of the molecule is CCC1(O)c2cc[nH]c(=O)c2CC(O)C1O. The first-order valence-corrected chi connectivity index (χ1v) is 5.30. The monoisotopic (exact) mass is 225 g/mol. The van der Waals surface area contributed by atoms with E-state index < -0.39 is 17.8 Å². The minimum Gasteiger partial charge on any atom is -0.390 e. The Labute approximate surface area is 92.4 Å². The molecule has 16 heavy (non-hydrogen) atoms. The summed E-state index contributed by atoms with van der Waals surface area (Å²) < 4.78 is 0. The molecule has 0 aromatic carbocycles. The third-order valence-electron chi connectivity index (χ3n) is 3.34. The van der Waals surface area contributed by atoms with Crippen LogP contribution in [0.25, 0.3) is 0 Å². The Morgan fingerprint density at radius 3 is 2.88 bits per heavy atom. The highest BCUT2D eigenvalue weighted by Gasteiger charge is 2.46. The second kappa shape index (κ2) is 3.69. The molecule has 3 atom stereocenters. The van der Waals surface area contributed by atoms with Gasteiger partial charge in [0.25, 0.3) is 5.56 Å². The molecule has 0 aliphatic heterocycles. The highest BCUT2D eigenvalue weighted by Crippen LogP contribution is 2.36. The van der Waals surface area contributed by atoms with E-state index in [0.29, 0.717) is 11.1 Å². The van der Waals surface area contributed by atoms with Gasteiger partial charge in [0.05, 0.1) is 6.10 Å². The zero-order valence-corrected chi connectivity index (χ0v) is 8.97. The Hall–Kier alpha value is -1.17. The molecule has 1 heterocycles. The number of hydrogen-bond donors (Lipinski definition) is 4. The zero-order valence-electron chi connectivity index (χ0n) is 8.97. The van der Waals surface area contributed by atoms with E-state index in [1.54, 1.807) is 13.0 Å². The lowest BCUT2D eigenvalue weighted by Crippen LogP contribution is -2.52. The van der Waals surface area contributed by atoms with Crippen LogP contribution >= 0.6 is 0 Å². The first kappa shape index (κ1) is 11.3. The summed E-state index contributed by atoms with van der Waals surface area (Å²) in [6, 6.07) is 1.58. The molecule has 88 valence electrons. The molecule has 0 amide bonds. The summed E-state index contributed by atoms with van der Waals surface area (Å²) in [7, 11) is 0. The summed E-state index contributed by atoms with van der Waals surface area (Å²) in [5, 5.41) is 29.8. The number of nitrogens with one attached hydrogen (secondary N) is 1. The van der Waals surface area contributed by atoms with Crippen LogP contribution in [0.3, 0.4) is 0 Å². The van der Waals surface area contributed by atoms with E-state index in [1.165, 1.54) is 6.20 Å². The Balaban J connectivity index is 2.66. The number of aromatic nitrogens is 1. The maximum absolute atomic E-state index is 11.6. The van der Waals surface area contributed by atoms with Crippen molar-refractivity contribution in [1.29, 1.82) is 0 Å². The standard InChI is InChI=1S/C11H15NO4/c1-2-11(16)7-3-4-12-10(15)6(7)5-8(13)9(11)14/h3-4,8-9,13-14,16H,2,5H2,1H3,(H,12,15). The molecule has 5 nitrogen and oxygen atoms in total. The molecule has 0 fully saturated rings. The molecule has 1 aromatic rings. The predicted octanol–water partition coefficient (Wildman–Crippen LogP) is -0.750. The van der Waals surface area contributed by atoms with E-state index in [9.17, 15) is 20.1 Å². The molecular weight excluding hydrogens is 210 g/mol. The summed E-state index contributed by atoms with van der Waals surface area (Å²) in [5.41, 5.74) is -1.10. The summed E-state index contributed by atoms with van der Waals surface area (Å²) in [4.78, 5) is 14.1. The van der Waals surface area contributed by atoms with Crippen molar-refractivity contribution in [2.75, 3.05) is 0 Å². The maximum atomic E-state index is 11.6. The third-order valence-corrected chi connectivity index (χ3v) is 3.34. The molecule has 1 aromatic heterocycles. The summed E-state index contributed by atoms with van der Waals surface area (Å²) in [6.07, 6.45) is -0.629. The van der Waals surface area contributed by atoms with Crippen molar-refractivity contribution in [2.45, 2.75) is 37.6 Å². The molecule has 1 aliphatic carbocycles. The van der Waals surface area contributed by atoms with Gasteiger partial charge >= 0.3 is 0 Å². The van der Waals surface area contributed by atoms with Gasteiger partial charge in [0, 0.05) is 18.2 Å². The van der Waals surface area contributed by atoms with Crippen LogP contribution in [0.1, 0.15) is 24.5 Å². The lowest BCUT2D eigenvalue weighted by molar-refractivity contribution is -0.140. The molecule has 4 N–H and O–H groups in total. The normalized spacial score (nSPS) is 33.5. The van der Waals surface area contributed by atoms with E-state index in [-0.39, 0.29) is 18.4 Å². The van der Waals surface area contributed by atoms with Crippen LogP contribution in [0.4, 0.5) is 0 Å². The molecule has 2 rings (SSSR count). The van der Waals surface area contributed by atoms with Gasteiger partial charge in [-0.3, -0.25) is 4.79 Å². The largest absolute Gasteiger partial charge is 0.390 e. The van der Waals surface area contributed by atoms with Gasteiger partial charge in [-0.05, 0) is 18.1 Å². The number of hydrogen-bond acceptors (Lipinski definition) is 4. The van der Waals surface area contributed by atoms with Crippen molar-refractivity contribution < 1.29 is 15.3 Å². The second-order valence-electron chi connectivity index (χ2n) is 4.19. The van der Waals surface area contributed by atoms with Crippen LogP contribution in [0.15, 0.2) is 17.1 Å². The van der Waals surface area contributed by atoms with Crippen molar-refractivity contribution in [1.82, 2.24) is 4.98 Å². The Morgan fingerprint density at radius 2 is 2.25 bits per heavy atom. The number of aromatic amines is 1. The van der Waals surface area contributed by atoms with Crippen LogP contribution in [0.5, 0.6) is 0 Å². The summed E-state index contributed by atoms with van der Waals surface area (Å²) in [6.45, 7) is 1.70. The zero-order chi connectivity index (χ0) is 11.9. The molecule has 3 unspecified atom stereocenters. The van der Waals surface area contributed by atoms with Gasteiger partial charge in [0.1, 0.15) is 11.7 Å². The van der Waals surface area contributed by atoms with Gasteiger partial charge < -0.3 is 20.3 Å². The van der Waals surface area contributed by atoms with Crippen LogP contribution in [-0.4, -0.2) is 32.5 Å². The maximum Gasteiger partial charge on any atom is 0.251 e. The molecule has 5 heteroatoms. The van der Waals surface area contributed by atoms with Crippen molar-refractivity contribution in [3.8, 4) is 0 Å². The highest BCUT2D eigenvalue weighted by atomic mass is 16.4. The van der Waals surface area contributed by atoms with Gasteiger partial charge in [-0.15, -0.1) is 0 Å². The van der Waals surface area contributed by atoms with E-state index in [1.807, 2.05) is 0 Å². The van der Waals surface area contributed by atoms with E-state index in [2.05, 4.69) is 4.98 Å². The van der Waals surface area contributed by atoms with Gasteiger partial charge in [0.15, 0.2) is 0 Å². The van der Waals surface area contributed by atoms with Crippen LogP contribution in [-0.2, 0) is 12.0 Å². The molecule has 1 aliphatic rings. The van der Waals surface area contributed by atoms with Gasteiger partial charge in [-0.1, -0.05) is 6.92 Å². The lowest BCUT2D eigenvalue weighted by atomic mass is 9.75. The van der Waals surface area contributed by atoms with Crippen LogP contribution < -0.4 is 5.56 Å². The number of aliphatic hydroxyl groups excluding tert-OH is 2. The molecular formula is C11H15NO4. The molecule has 0 spiro atoms. The lowest BCUT2D eigenvalue weighted by Gasteiger charge is -2.40. The topological polar surface area (TPSA) is 93.5 Å². The average Bonchev–Trinajstić information content (AvgIpc) is 2.28. The second-order valence-corrected chi connectivity index (χ2v) is 4.19. The molecule has 0 radical (unpaired) electrons.